The number of hydrogen-bond donors (Lipinski definition) is 1. The van der Waals surface area contributed by atoms with Gasteiger partial charge in [0.05, 0.1) is 4.92 Å². The summed E-state index contributed by atoms with van der Waals surface area (Å²) in [7, 11) is 0. The second-order valence-corrected chi connectivity index (χ2v) is 2.99. The van der Waals surface area contributed by atoms with E-state index in [-0.39, 0.29) is 5.69 Å². The monoisotopic (exact) mass is 336 g/mol. The third-order valence-corrected chi connectivity index (χ3v) is 1.86. The maximum absolute atomic E-state index is 10.6. The Morgan fingerprint density at radius 1 is 1.04 bits per heavy atom. The highest BCUT2D eigenvalue weighted by Gasteiger charge is 2.05. The number of rotatable bonds is 5. The van der Waals surface area contributed by atoms with E-state index in [9.17, 15) is 10.1 Å². The van der Waals surface area contributed by atoms with Crippen molar-refractivity contribution in [3.63, 3.8) is 0 Å². The molecule has 0 saturated carbocycles. The molecule has 1 rings (SSSR count). The van der Waals surface area contributed by atoms with Crippen LogP contribution in [0.15, 0.2) is 61.3 Å². The minimum absolute atomic E-state index is 0.0482. The molecular formula is C20H36N2O2. The molecule has 0 radical (unpaired) electrons. The first-order chi connectivity index (χ1) is 11.7. The summed E-state index contributed by atoms with van der Waals surface area (Å²) in [6.45, 7) is 23.2. The van der Waals surface area contributed by atoms with E-state index >= 15 is 0 Å². The molecule has 138 valence electrons. The van der Waals surface area contributed by atoms with Crippen LogP contribution in [0.25, 0.3) is 0 Å². The van der Waals surface area contributed by atoms with Crippen LogP contribution in [0.5, 0.6) is 0 Å². The highest BCUT2D eigenvalue weighted by atomic mass is 16.6. The number of non-ortho nitro benzene ring substituents is 1. The van der Waals surface area contributed by atoms with Gasteiger partial charge in [-0.3, -0.25) is 10.1 Å². The average molecular weight is 337 g/mol. The van der Waals surface area contributed by atoms with Crippen LogP contribution >= 0.6 is 0 Å². The quantitative estimate of drug-likeness (QED) is 0.347. The lowest BCUT2D eigenvalue weighted by molar-refractivity contribution is -0.384. The predicted octanol–water partition coefficient (Wildman–Crippen LogP) is 7.37. The van der Waals surface area contributed by atoms with Crippen molar-refractivity contribution >= 4 is 11.4 Å². The van der Waals surface area contributed by atoms with Crippen LogP contribution in [0.4, 0.5) is 11.4 Å². The number of allylic oxidation sites excluding steroid dienone is 3. The fraction of sp³-hybridized carbons (Fsp3) is 0.400. The number of nitro benzene ring substituents is 1. The van der Waals surface area contributed by atoms with E-state index in [0.717, 1.165) is 5.70 Å². The average Bonchev–Trinajstić information content (AvgIpc) is 2.68. The van der Waals surface area contributed by atoms with Gasteiger partial charge in [0.1, 0.15) is 0 Å². The molecule has 4 heteroatoms. The van der Waals surface area contributed by atoms with E-state index in [0.29, 0.717) is 5.69 Å². The molecular weight excluding hydrogens is 300 g/mol. The van der Waals surface area contributed by atoms with Crippen LogP contribution in [0.3, 0.4) is 0 Å². The van der Waals surface area contributed by atoms with E-state index in [1.165, 1.54) is 12.1 Å². The first-order valence-corrected chi connectivity index (χ1v) is 8.64. The molecule has 0 aliphatic rings. The maximum atomic E-state index is 10.6. The summed E-state index contributed by atoms with van der Waals surface area (Å²) < 4.78 is 0. The van der Waals surface area contributed by atoms with Crippen LogP contribution in [-0.2, 0) is 0 Å². The smallest absolute Gasteiger partial charge is 0.271 e. The molecule has 0 amide bonds. The molecule has 4 nitrogen and oxygen atoms in total. The van der Waals surface area contributed by atoms with Gasteiger partial charge in [-0.15, -0.1) is 0 Å². The SMILES string of the molecule is C=C/C=C(\C=C)Nc1cccc([N+](=O)[O-])c1.CC.CC.CC.CC. The van der Waals surface area contributed by atoms with Crippen molar-refractivity contribution < 1.29 is 4.92 Å². The topological polar surface area (TPSA) is 55.2 Å². The molecule has 0 heterocycles. The Bertz CT molecular complexity index is 453. The molecule has 0 unspecified atom stereocenters. The molecule has 0 saturated heterocycles. The summed E-state index contributed by atoms with van der Waals surface area (Å²) in [5.41, 5.74) is 1.42. The first kappa shape index (κ1) is 29.6. The van der Waals surface area contributed by atoms with Gasteiger partial charge in [0.25, 0.3) is 5.69 Å². The molecule has 1 aromatic carbocycles. The van der Waals surface area contributed by atoms with Crippen LogP contribution < -0.4 is 5.32 Å². The normalized spacial score (nSPS) is 8.08. The lowest BCUT2D eigenvalue weighted by atomic mass is 10.2. The second kappa shape index (κ2) is 25.6. The zero-order valence-electron chi connectivity index (χ0n) is 16.7. The lowest BCUT2D eigenvalue weighted by Gasteiger charge is -2.05. The Hall–Kier alpha value is -2.36. The molecule has 0 aliphatic heterocycles. The van der Waals surface area contributed by atoms with Gasteiger partial charge < -0.3 is 5.32 Å². The van der Waals surface area contributed by atoms with Gasteiger partial charge in [-0.2, -0.15) is 0 Å². The fourth-order valence-corrected chi connectivity index (χ4v) is 1.15. The number of nitro groups is 1. The van der Waals surface area contributed by atoms with Crippen LogP contribution in [0.1, 0.15) is 55.4 Å². The molecule has 0 bridgehead atoms. The molecule has 0 aliphatic carbocycles. The van der Waals surface area contributed by atoms with Crippen molar-refractivity contribution in [1.29, 1.82) is 0 Å². The van der Waals surface area contributed by atoms with Gasteiger partial charge in [-0.1, -0.05) is 80.7 Å². The van der Waals surface area contributed by atoms with Gasteiger partial charge in [0.15, 0.2) is 0 Å². The fourth-order valence-electron chi connectivity index (χ4n) is 1.15. The minimum atomic E-state index is -0.435. The zero-order valence-corrected chi connectivity index (χ0v) is 16.7. The molecule has 1 N–H and O–H groups in total. The summed E-state index contributed by atoms with van der Waals surface area (Å²) in [4.78, 5) is 10.1. The molecule has 0 spiro atoms. The summed E-state index contributed by atoms with van der Waals surface area (Å²) in [6.07, 6.45) is 4.95. The maximum Gasteiger partial charge on any atom is 0.271 e. The van der Waals surface area contributed by atoms with Gasteiger partial charge >= 0.3 is 0 Å². The summed E-state index contributed by atoms with van der Waals surface area (Å²) >= 11 is 0. The Labute approximate surface area is 149 Å². The first-order valence-electron chi connectivity index (χ1n) is 8.64. The minimum Gasteiger partial charge on any atom is -0.355 e. The molecule has 1 aromatic rings. The number of anilines is 1. The predicted molar refractivity (Wildman–Crippen MR) is 111 cm³/mol. The summed E-state index contributed by atoms with van der Waals surface area (Å²) in [5, 5.41) is 13.6. The van der Waals surface area contributed by atoms with E-state index in [1.54, 1.807) is 30.4 Å². The van der Waals surface area contributed by atoms with Gasteiger partial charge in [0.2, 0.25) is 0 Å². The van der Waals surface area contributed by atoms with Crippen LogP contribution in [0.2, 0.25) is 0 Å². The zero-order chi connectivity index (χ0) is 20.0. The highest BCUT2D eigenvalue weighted by molar-refractivity contribution is 5.56. The number of nitrogens with one attached hydrogen (secondary N) is 1. The van der Waals surface area contributed by atoms with Crippen molar-refractivity contribution in [3.05, 3.63) is 71.5 Å². The van der Waals surface area contributed by atoms with Crippen molar-refractivity contribution in [1.82, 2.24) is 0 Å². The standard InChI is InChI=1S/C12H12N2O2.4C2H6/c1-3-6-10(4-2)13-11-7-5-8-12(9-11)14(15)16;4*1-2/h3-9,13H,1-2H2;4*1-2H3/b10-6+;;;;. The summed E-state index contributed by atoms with van der Waals surface area (Å²) in [6, 6.07) is 6.26. The Morgan fingerprint density at radius 3 is 1.92 bits per heavy atom. The van der Waals surface area contributed by atoms with Crippen molar-refractivity contribution in [2.24, 2.45) is 0 Å². The molecule has 0 aromatic heterocycles. The lowest BCUT2D eigenvalue weighted by Crippen LogP contribution is -1.97. The van der Waals surface area contributed by atoms with E-state index in [1.807, 2.05) is 55.4 Å². The number of hydrogen-bond acceptors (Lipinski definition) is 3. The molecule has 0 atom stereocenters. The third kappa shape index (κ3) is 16.0. The van der Waals surface area contributed by atoms with Gasteiger partial charge in [-0.05, 0) is 18.2 Å². The van der Waals surface area contributed by atoms with Crippen molar-refractivity contribution in [2.45, 2.75) is 55.4 Å². The third-order valence-electron chi connectivity index (χ3n) is 1.86. The van der Waals surface area contributed by atoms with Crippen LogP contribution in [0, 0.1) is 10.1 Å². The van der Waals surface area contributed by atoms with E-state index in [4.69, 9.17) is 0 Å². The number of nitrogens with zero attached hydrogens (tertiary/aromatic N) is 1. The van der Waals surface area contributed by atoms with Crippen LogP contribution in [-0.4, -0.2) is 4.92 Å². The Kier molecular flexibility index (Phi) is 31.6. The van der Waals surface area contributed by atoms with Crippen molar-refractivity contribution in [3.8, 4) is 0 Å². The van der Waals surface area contributed by atoms with Gasteiger partial charge in [0, 0.05) is 23.5 Å². The largest absolute Gasteiger partial charge is 0.355 e. The summed E-state index contributed by atoms with van der Waals surface area (Å²) in [5.74, 6) is 0. The van der Waals surface area contributed by atoms with E-state index in [2.05, 4.69) is 18.5 Å². The molecule has 0 fully saturated rings. The Balaban J connectivity index is -0.000000218. The van der Waals surface area contributed by atoms with Gasteiger partial charge in [-0.25, -0.2) is 0 Å². The van der Waals surface area contributed by atoms with E-state index < -0.39 is 4.92 Å². The number of benzene rings is 1. The second-order valence-electron chi connectivity index (χ2n) is 2.99. The Morgan fingerprint density at radius 2 is 1.54 bits per heavy atom. The molecule has 24 heavy (non-hydrogen) atoms. The van der Waals surface area contributed by atoms with Crippen molar-refractivity contribution in [2.75, 3.05) is 5.32 Å². The highest BCUT2D eigenvalue weighted by Crippen LogP contribution is 2.18.